The van der Waals surface area contributed by atoms with Gasteiger partial charge < -0.3 is 9.47 Å². The lowest BCUT2D eigenvalue weighted by molar-refractivity contribution is -0.144. The first-order valence-electron chi connectivity index (χ1n) is 7.59. The maximum Gasteiger partial charge on any atom is 0.309 e. The van der Waals surface area contributed by atoms with Crippen molar-refractivity contribution in [1.82, 2.24) is 4.31 Å². The summed E-state index contributed by atoms with van der Waals surface area (Å²) in [7, 11) is -2.32. The molecule has 1 saturated heterocycles. The van der Waals surface area contributed by atoms with Crippen LogP contribution in [0.5, 0.6) is 0 Å². The molecule has 3 atom stereocenters. The summed E-state index contributed by atoms with van der Waals surface area (Å²) < 4.78 is 37.2. The van der Waals surface area contributed by atoms with Gasteiger partial charge in [0.05, 0.1) is 31.5 Å². The van der Waals surface area contributed by atoms with Gasteiger partial charge in [0.15, 0.2) is 0 Å². The predicted octanol–water partition coefficient (Wildman–Crippen LogP) is 1.59. The second kappa shape index (κ2) is 7.42. The van der Waals surface area contributed by atoms with E-state index in [1.54, 1.807) is 6.92 Å². The summed E-state index contributed by atoms with van der Waals surface area (Å²) >= 11 is 0. The van der Waals surface area contributed by atoms with Crippen LogP contribution in [0.15, 0.2) is 30.3 Å². The number of hydrogen-bond donors (Lipinski definition) is 0. The molecule has 1 aromatic carbocycles. The molecular weight excluding hydrogens is 318 g/mol. The Morgan fingerprint density at radius 1 is 1.39 bits per heavy atom. The van der Waals surface area contributed by atoms with Crippen LogP contribution in [0.2, 0.25) is 0 Å². The van der Waals surface area contributed by atoms with Crippen LogP contribution in [0.4, 0.5) is 0 Å². The second-order valence-corrected chi connectivity index (χ2v) is 7.82. The summed E-state index contributed by atoms with van der Waals surface area (Å²) in [6.45, 7) is 3.94. The summed E-state index contributed by atoms with van der Waals surface area (Å²) in [5, 5.41) is 0. The van der Waals surface area contributed by atoms with Gasteiger partial charge in [0.25, 0.3) is 0 Å². The maximum atomic E-state index is 12.7. The monoisotopic (exact) mass is 341 g/mol. The standard InChI is InChI=1S/C16H23NO5S/c1-12(16(18)21-3)11-23(19,20)17-9-15(22-10-13(17)2)14-7-5-4-6-8-14/h4-8,12-13,15H,9-11H2,1-3H3/t12-,13+,15+/m1/s1. The summed E-state index contributed by atoms with van der Waals surface area (Å²) in [5.41, 5.74) is 0.945. The van der Waals surface area contributed by atoms with Crippen LogP contribution in [-0.4, -0.2) is 50.7 Å². The minimum Gasteiger partial charge on any atom is -0.469 e. The minimum absolute atomic E-state index is 0.251. The average molecular weight is 341 g/mol. The van der Waals surface area contributed by atoms with Crippen LogP contribution in [-0.2, 0) is 24.3 Å². The van der Waals surface area contributed by atoms with E-state index in [0.717, 1.165) is 5.56 Å². The number of ether oxygens (including phenoxy) is 2. The molecule has 0 N–H and O–H groups in total. The molecular formula is C16H23NO5S. The zero-order valence-electron chi connectivity index (χ0n) is 13.6. The highest BCUT2D eigenvalue weighted by molar-refractivity contribution is 7.89. The Kier molecular flexibility index (Phi) is 5.78. The molecule has 1 fully saturated rings. The number of hydrogen-bond acceptors (Lipinski definition) is 5. The van der Waals surface area contributed by atoms with E-state index in [0.29, 0.717) is 6.61 Å². The molecule has 0 aliphatic carbocycles. The van der Waals surface area contributed by atoms with Crippen LogP contribution in [0, 0.1) is 5.92 Å². The van der Waals surface area contributed by atoms with Gasteiger partial charge in [-0.15, -0.1) is 0 Å². The fraction of sp³-hybridized carbons (Fsp3) is 0.562. The van der Waals surface area contributed by atoms with Crippen molar-refractivity contribution in [2.24, 2.45) is 5.92 Å². The Balaban J connectivity index is 2.14. The Bertz CT molecular complexity index is 631. The smallest absolute Gasteiger partial charge is 0.309 e. The zero-order chi connectivity index (χ0) is 17.0. The van der Waals surface area contributed by atoms with Gasteiger partial charge in [-0.25, -0.2) is 8.42 Å². The maximum absolute atomic E-state index is 12.7. The molecule has 1 aromatic rings. The van der Waals surface area contributed by atoms with E-state index < -0.39 is 21.9 Å². The summed E-state index contributed by atoms with van der Waals surface area (Å²) in [5.74, 6) is -1.48. The van der Waals surface area contributed by atoms with E-state index in [1.165, 1.54) is 11.4 Å². The van der Waals surface area contributed by atoms with Crippen molar-refractivity contribution < 1.29 is 22.7 Å². The molecule has 1 aliphatic rings. The van der Waals surface area contributed by atoms with Gasteiger partial charge in [-0.1, -0.05) is 37.3 Å². The van der Waals surface area contributed by atoms with Crippen molar-refractivity contribution in [2.75, 3.05) is 26.0 Å². The second-order valence-electron chi connectivity index (χ2n) is 5.85. The van der Waals surface area contributed by atoms with Crippen LogP contribution in [0.1, 0.15) is 25.5 Å². The number of nitrogens with zero attached hydrogens (tertiary/aromatic N) is 1. The van der Waals surface area contributed by atoms with Gasteiger partial charge in [-0.3, -0.25) is 4.79 Å². The number of sulfonamides is 1. The fourth-order valence-corrected chi connectivity index (χ4v) is 4.60. The van der Waals surface area contributed by atoms with Crippen molar-refractivity contribution in [3.05, 3.63) is 35.9 Å². The molecule has 128 valence electrons. The number of benzene rings is 1. The molecule has 1 aliphatic heterocycles. The van der Waals surface area contributed by atoms with Crippen molar-refractivity contribution in [3.8, 4) is 0 Å². The highest BCUT2D eigenvalue weighted by Crippen LogP contribution is 2.27. The molecule has 0 amide bonds. The molecule has 0 saturated carbocycles. The summed E-state index contributed by atoms with van der Waals surface area (Å²) in [6, 6.07) is 9.28. The summed E-state index contributed by atoms with van der Waals surface area (Å²) in [6.07, 6.45) is -0.296. The molecule has 6 nitrogen and oxygen atoms in total. The molecule has 1 heterocycles. The molecule has 23 heavy (non-hydrogen) atoms. The zero-order valence-corrected chi connectivity index (χ0v) is 14.5. The summed E-state index contributed by atoms with van der Waals surface area (Å²) in [4.78, 5) is 11.5. The van der Waals surface area contributed by atoms with E-state index in [-0.39, 0.29) is 24.4 Å². The topological polar surface area (TPSA) is 72.9 Å². The number of methoxy groups -OCH3 is 1. The first-order chi connectivity index (χ1) is 10.8. The van der Waals surface area contributed by atoms with E-state index >= 15 is 0 Å². The Morgan fingerprint density at radius 3 is 2.65 bits per heavy atom. The minimum atomic E-state index is -3.58. The molecule has 7 heteroatoms. The van der Waals surface area contributed by atoms with Gasteiger partial charge in [-0.2, -0.15) is 4.31 Å². The Hall–Kier alpha value is -1.44. The van der Waals surface area contributed by atoms with E-state index in [9.17, 15) is 13.2 Å². The Morgan fingerprint density at radius 2 is 2.04 bits per heavy atom. The normalized spacial score (nSPS) is 24.1. The van der Waals surface area contributed by atoms with Gasteiger partial charge in [-0.05, 0) is 12.5 Å². The molecule has 0 spiro atoms. The van der Waals surface area contributed by atoms with E-state index in [2.05, 4.69) is 4.74 Å². The van der Waals surface area contributed by atoms with Gasteiger partial charge in [0.1, 0.15) is 0 Å². The quantitative estimate of drug-likeness (QED) is 0.761. The van der Waals surface area contributed by atoms with Crippen molar-refractivity contribution in [2.45, 2.75) is 26.0 Å². The first-order valence-corrected chi connectivity index (χ1v) is 9.20. The van der Waals surface area contributed by atoms with Gasteiger partial charge in [0, 0.05) is 12.6 Å². The number of morpholine rings is 1. The third kappa shape index (κ3) is 4.31. The average Bonchev–Trinajstić information content (AvgIpc) is 2.54. The number of esters is 1. The molecule has 0 bridgehead atoms. The largest absolute Gasteiger partial charge is 0.469 e. The lowest BCUT2D eigenvalue weighted by atomic mass is 10.1. The van der Waals surface area contributed by atoms with Crippen LogP contribution in [0.25, 0.3) is 0 Å². The Labute approximate surface area is 137 Å². The lowest BCUT2D eigenvalue weighted by Gasteiger charge is -2.37. The van der Waals surface area contributed by atoms with E-state index in [1.807, 2.05) is 37.3 Å². The first kappa shape index (κ1) is 17.9. The number of carbonyl (C=O) groups excluding carboxylic acids is 1. The van der Waals surface area contributed by atoms with Gasteiger partial charge in [0.2, 0.25) is 10.0 Å². The van der Waals surface area contributed by atoms with Crippen molar-refractivity contribution in [3.63, 3.8) is 0 Å². The third-order valence-electron chi connectivity index (χ3n) is 3.97. The molecule has 0 aromatic heterocycles. The van der Waals surface area contributed by atoms with Crippen LogP contribution >= 0.6 is 0 Å². The lowest BCUT2D eigenvalue weighted by Crippen LogP contribution is -2.49. The highest BCUT2D eigenvalue weighted by Gasteiger charge is 2.36. The fourth-order valence-electron chi connectivity index (χ4n) is 2.67. The third-order valence-corrected chi connectivity index (χ3v) is 6.11. The molecule has 0 unspecified atom stereocenters. The van der Waals surface area contributed by atoms with Crippen LogP contribution in [0.3, 0.4) is 0 Å². The van der Waals surface area contributed by atoms with Crippen molar-refractivity contribution in [1.29, 1.82) is 0 Å². The number of rotatable bonds is 5. The van der Waals surface area contributed by atoms with Gasteiger partial charge >= 0.3 is 5.97 Å². The number of carbonyl (C=O) groups is 1. The van der Waals surface area contributed by atoms with Crippen molar-refractivity contribution >= 4 is 16.0 Å². The molecule has 2 rings (SSSR count). The SMILES string of the molecule is COC(=O)[C@H](C)CS(=O)(=O)N1C[C@@H](c2ccccc2)OC[C@@H]1C. The molecule has 0 radical (unpaired) electrons. The predicted molar refractivity (Wildman–Crippen MR) is 86.3 cm³/mol. The van der Waals surface area contributed by atoms with E-state index in [4.69, 9.17) is 4.74 Å². The van der Waals surface area contributed by atoms with Crippen LogP contribution < -0.4 is 0 Å². The highest BCUT2D eigenvalue weighted by atomic mass is 32.2.